The summed E-state index contributed by atoms with van der Waals surface area (Å²) in [5, 5.41) is 12.7. The molecule has 3 rings (SSSR count). The van der Waals surface area contributed by atoms with E-state index in [1.165, 1.54) is 9.88 Å². The highest BCUT2D eigenvalue weighted by molar-refractivity contribution is 7.89. The third-order valence-electron chi connectivity index (χ3n) is 6.54. The zero-order valence-electron chi connectivity index (χ0n) is 21.0. The van der Waals surface area contributed by atoms with Crippen LogP contribution in [-0.4, -0.2) is 73.7 Å². The minimum atomic E-state index is -3.88. The Labute approximate surface area is 204 Å². The fraction of sp³-hybridized carbons (Fsp3) is 0.640. The lowest BCUT2D eigenvalue weighted by atomic mass is 9.93. The third-order valence-corrected chi connectivity index (χ3v) is 8.56. The Bertz CT molecular complexity index is 1010. The summed E-state index contributed by atoms with van der Waals surface area (Å²) >= 11 is 0. The van der Waals surface area contributed by atoms with Gasteiger partial charge in [-0.2, -0.15) is 4.31 Å². The number of hydrogen-bond donors (Lipinski definition) is 2. The van der Waals surface area contributed by atoms with Gasteiger partial charge in [0.05, 0.1) is 13.2 Å². The van der Waals surface area contributed by atoms with E-state index >= 15 is 0 Å². The number of urea groups is 1. The van der Waals surface area contributed by atoms with Crippen LogP contribution in [0.15, 0.2) is 29.2 Å². The minimum absolute atomic E-state index is 0.00344. The molecule has 1 aliphatic carbocycles. The number of hydrogen-bond acceptors (Lipinski definition) is 5. The molecule has 0 radical (unpaired) electrons. The van der Waals surface area contributed by atoms with Crippen LogP contribution in [0.2, 0.25) is 0 Å². The first kappa shape index (κ1) is 26.5. The molecule has 8 nitrogen and oxygen atoms in total. The smallest absolute Gasteiger partial charge is 0.317 e. The van der Waals surface area contributed by atoms with E-state index in [1.54, 1.807) is 24.9 Å². The van der Waals surface area contributed by atoms with E-state index in [2.05, 4.69) is 11.4 Å². The van der Waals surface area contributed by atoms with Crippen molar-refractivity contribution in [3.8, 4) is 5.75 Å². The van der Waals surface area contributed by atoms with Gasteiger partial charge < -0.3 is 20.1 Å². The number of sulfonamides is 1. The first-order valence-electron chi connectivity index (χ1n) is 12.2. The molecule has 2 N–H and O–H groups in total. The second-order valence-electron chi connectivity index (χ2n) is 9.86. The van der Waals surface area contributed by atoms with Gasteiger partial charge in [0.2, 0.25) is 10.0 Å². The van der Waals surface area contributed by atoms with Crippen molar-refractivity contribution in [1.82, 2.24) is 14.5 Å². The van der Waals surface area contributed by atoms with Crippen LogP contribution >= 0.6 is 0 Å². The van der Waals surface area contributed by atoms with Crippen LogP contribution in [0.4, 0.5) is 4.79 Å². The number of likely N-dealkylation sites (N-methyl/N-ethyl adjacent to an activating group) is 1. The number of fused-ring (bicyclic) bond motifs is 1. The second-order valence-corrected chi connectivity index (χ2v) is 11.7. The highest BCUT2D eigenvalue weighted by Gasteiger charge is 2.38. The third kappa shape index (κ3) is 5.93. The lowest BCUT2D eigenvalue weighted by Gasteiger charge is -2.37. The van der Waals surface area contributed by atoms with E-state index in [4.69, 9.17) is 4.74 Å². The maximum atomic E-state index is 13.6. The van der Waals surface area contributed by atoms with Gasteiger partial charge in [-0.05, 0) is 69.7 Å². The zero-order chi connectivity index (χ0) is 25.0. The normalized spacial score (nSPS) is 23.7. The number of amides is 2. The fourth-order valence-corrected chi connectivity index (χ4v) is 6.28. The van der Waals surface area contributed by atoms with Crippen molar-refractivity contribution in [2.75, 3.05) is 26.7 Å². The van der Waals surface area contributed by atoms with Crippen LogP contribution in [0.1, 0.15) is 58.9 Å². The summed E-state index contributed by atoms with van der Waals surface area (Å²) in [4.78, 5) is 14.2. The number of aliphatic hydroxyl groups excluding tert-OH is 1. The molecule has 34 heavy (non-hydrogen) atoms. The minimum Gasteiger partial charge on any atom is -0.487 e. The van der Waals surface area contributed by atoms with Crippen LogP contribution in [0.5, 0.6) is 5.75 Å². The number of allylic oxidation sites excluding steroid dienone is 2. The number of rotatable bonds is 6. The number of nitrogens with one attached hydrogen (secondary N) is 1. The van der Waals surface area contributed by atoms with E-state index < -0.39 is 22.2 Å². The maximum absolute atomic E-state index is 13.6. The lowest BCUT2D eigenvalue weighted by molar-refractivity contribution is 0.0809. The average molecular weight is 494 g/mol. The monoisotopic (exact) mass is 493 g/mol. The molecule has 0 spiro atoms. The molecule has 3 atom stereocenters. The van der Waals surface area contributed by atoms with E-state index in [-0.39, 0.29) is 36.0 Å². The Morgan fingerprint density at radius 1 is 1.29 bits per heavy atom. The fourth-order valence-electron chi connectivity index (χ4n) is 4.45. The maximum Gasteiger partial charge on any atom is 0.317 e. The quantitative estimate of drug-likeness (QED) is 0.632. The molecule has 1 heterocycles. The number of carbonyl (C=O) groups is 1. The molecule has 1 aliphatic heterocycles. The summed E-state index contributed by atoms with van der Waals surface area (Å²) in [7, 11) is -2.17. The van der Waals surface area contributed by atoms with Crippen LogP contribution in [-0.2, 0) is 10.0 Å². The number of nitrogens with zero attached hydrogens (tertiary/aromatic N) is 2. The molecule has 190 valence electrons. The molecule has 0 saturated heterocycles. The van der Waals surface area contributed by atoms with Gasteiger partial charge in [-0.25, -0.2) is 13.2 Å². The highest BCUT2D eigenvalue weighted by atomic mass is 32.2. The van der Waals surface area contributed by atoms with Crippen molar-refractivity contribution in [3.63, 3.8) is 0 Å². The van der Waals surface area contributed by atoms with Gasteiger partial charge in [-0.15, -0.1) is 0 Å². The van der Waals surface area contributed by atoms with Crippen molar-refractivity contribution < 1.29 is 23.1 Å². The summed E-state index contributed by atoms with van der Waals surface area (Å²) in [6, 6.07) is 4.51. The molecular formula is C25H39N3O5S. The molecule has 0 bridgehead atoms. The first-order chi connectivity index (χ1) is 16.0. The van der Waals surface area contributed by atoms with Crippen molar-refractivity contribution in [1.29, 1.82) is 0 Å². The molecular weight excluding hydrogens is 454 g/mol. The van der Waals surface area contributed by atoms with Crippen molar-refractivity contribution in [2.24, 2.45) is 5.92 Å². The van der Waals surface area contributed by atoms with Crippen molar-refractivity contribution in [2.45, 2.75) is 76.5 Å². The average Bonchev–Trinajstić information content (AvgIpc) is 2.80. The van der Waals surface area contributed by atoms with Gasteiger partial charge in [0.15, 0.2) is 0 Å². The molecule has 1 aromatic carbocycles. The molecule has 0 unspecified atom stereocenters. The predicted octanol–water partition coefficient (Wildman–Crippen LogP) is 3.46. The number of carbonyl (C=O) groups excluding carboxylic acids is 1. The summed E-state index contributed by atoms with van der Waals surface area (Å²) in [6.45, 7) is 7.62. The van der Waals surface area contributed by atoms with Gasteiger partial charge in [-0.3, -0.25) is 0 Å². The Kier molecular flexibility index (Phi) is 8.65. The molecule has 0 saturated carbocycles. The largest absolute Gasteiger partial charge is 0.487 e. The highest BCUT2D eigenvalue weighted by Crippen LogP contribution is 2.37. The van der Waals surface area contributed by atoms with Gasteiger partial charge >= 0.3 is 6.03 Å². The molecule has 1 aromatic rings. The Morgan fingerprint density at radius 2 is 2.03 bits per heavy atom. The van der Waals surface area contributed by atoms with E-state index in [0.717, 1.165) is 31.2 Å². The van der Waals surface area contributed by atoms with Crippen molar-refractivity contribution in [3.05, 3.63) is 29.8 Å². The summed E-state index contributed by atoms with van der Waals surface area (Å²) in [5.41, 5.74) is 2.17. The van der Waals surface area contributed by atoms with Crippen LogP contribution in [0, 0.1) is 5.92 Å². The Morgan fingerprint density at radius 3 is 2.65 bits per heavy atom. The lowest BCUT2D eigenvalue weighted by Crippen LogP contribution is -2.51. The second kappa shape index (κ2) is 11.1. The molecule has 0 aromatic heterocycles. The summed E-state index contributed by atoms with van der Waals surface area (Å²) in [5.74, 6) is 0.0807. The summed E-state index contributed by atoms with van der Waals surface area (Å²) < 4.78 is 35.0. The van der Waals surface area contributed by atoms with Gasteiger partial charge in [0, 0.05) is 31.6 Å². The number of benzene rings is 1. The van der Waals surface area contributed by atoms with Gasteiger partial charge in [0.1, 0.15) is 16.7 Å². The Hall–Kier alpha value is -2.10. The number of aliphatic hydroxyl groups is 1. The van der Waals surface area contributed by atoms with E-state index in [0.29, 0.717) is 12.3 Å². The van der Waals surface area contributed by atoms with Crippen molar-refractivity contribution >= 4 is 21.6 Å². The van der Waals surface area contributed by atoms with Crippen LogP contribution in [0.25, 0.3) is 5.57 Å². The number of ether oxygens (including phenoxy) is 1. The van der Waals surface area contributed by atoms with Gasteiger partial charge in [0.25, 0.3) is 0 Å². The Balaban J connectivity index is 2.03. The standard InChI is InChI=1S/C25H39N3O5S/c1-17(2)26-25(30)27(5)15-23-18(3)14-28(19(4)16-29)34(31,32)24-12-11-21(13-22(24)33-23)20-9-7-6-8-10-20/h9,11-13,17-19,23,29H,6-8,10,14-16H2,1-5H3,(H,26,30)/t18-,19+,23-/m1/s1. The molecule has 2 aliphatic rings. The zero-order valence-corrected chi connectivity index (χ0v) is 21.8. The first-order valence-corrected chi connectivity index (χ1v) is 13.6. The summed E-state index contributed by atoms with van der Waals surface area (Å²) in [6.07, 6.45) is 6.03. The molecule has 0 fully saturated rings. The van der Waals surface area contributed by atoms with Crippen LogP contribution < -0.4 is 10.1 Å². The SMILES string of the molecule is CC(C)NC(=O)N(C)C[C@H]1Oc2cc(C3=CCCCC3)ccc2S(=O)(=O)N([C@@H](C)CO)C[C@H]1C. The van der Waals surface area contributed by atoms with E-state index in [9.17, 15) is 18.3 Å². The predicted molar refractivity (Wildman–Crippen MR) is 133 cm³/mol. The van der Waals surface area contributed by atoms with Crippen LogP contribution in [0.3, 0.4) is 0 Å². The van der Waals surface area contributed by atoms with E-state index in [1.807, 2.05) is 32.9 Å². The molecule has 2 amide bonds. The van der Waals surface area contributed by atoms with Gasteiger partial charge in [-0.1, -0.05) is 19.1 Å². The topological polar surface area (TPSA) is 99.2 Å². The molecule has 9 heteroatoms.